The molecule has 4 aromatic carbocycles. The molecule has 4 aromatic rings. The highest BCUT2D eigenvalue weighted by Gasteiger charge is 2.45. The van der Waals surface area contributed by atoms with Gasteiger partial charge in [-0.05, 0) is 55.0 Å². The molecule has 0 spiro atoms. The van der Waals surface area contributed by atoms with E-state index in [0.29, 0.717) is 6.16 Å². The van der Waals surface area contributed by atoms with Crippen LogP contribution in [0.3, 0.4) is 0 Å². The van der Waals surface area contributed by atoms with Gasteiger partial charge in [-0.3, -0.25) is 0 Å². The lowest BCUT2D eigenvalue weighted by molar-refractivity contribution is -0.00000610. The smallest absolute Gasteiger partial charge is 0.130 e. The zero-order chi connectivity index (χ0) is 19.4. The van der Waals surface area contributed by atoms with Crippen LogP contribution in [0.1, 0.15) is 11.1 Å². The van der Waals surface area contributed by atoms with Crippen LogP contribution in [0.5, 0.6) is 0 Å². The summed E-state index contributed by atoms with van der Waals surface area (Å²) >= 11 is 0. The van der Waals surface area contributed by atoms with Crippen molar-refractivity contribution in [2.45, 2.75) is 13.1 Å². The third-order valence-electron chi connectivity index (χ3n) is 5.21. The van der Waals surface area contributed by atoms with E-state index >= 15 is 0 Å². The second-order valence-electron chi connectivity index (χ2n) is 7.07. The Labute approximate surface area is 183 Å². The molecule has 146 valence electrons. The first-order chi connectivity index (χ1) is 13.7. The molecule has 0 unspecified atom stereocenters. The maximum absolute atomic E-state index is 14.9. The molecule has 0 amide bonds. The first-order valence-corrected chi connectivity index (χ1v) is 11.5. The standard InChI is InChI=1S/C26H23FP.BrH/c1-21-17-18-22(26(27)19-21)20-28(23-11-5-2-6-12-23,24-13-7-3-8-14-24)25-15-9-4-10-16-25;/h2-19H,20H2,1H3;1H/q+1;/p-1. The number of rotatable bonds is 5. The first-order valence-electron chi connectivity index (χ1n) is 9.50. The lowest BCUT2D eigenvalue weighted by Gasteiger charge is -2.28. The molecule has 0 aliphatic heterocycles. The molecule has 0 nitrogen and oxygen atoms in total. The molecule has 0 saturated carbocycles. The van der Waals surface area contributed by atoms with Gasteiger partial charge in [-0.15, -0.1) is 0 Å². The lowest BCUT2D eigenvalue weighted by Crippen LogP contribution is -3.00. The summed E-state index contributed by atoms with van der Waals surface area (Å²) in [6.07, 6.45) is 0.664. The predicted molar refractivity (Wildman–Crippen MR) is 120 cm³/mol. The van der Waals surface area contributed by atoms with E-state index in [1.54, 1.807) is 6.07 Å². The van der Waals surface area contributed by atoms with Crippen LogP contribution in [0.25, 0.3) is 0 Å². The van der Waals surface area contributed by atoms with Crippen molar-refractivity contribution in [1.29, 1.82) is 0 Å². The van der Waals surface area contributed by atoms with E-state index in [1.807, 2.05) is 37.3 Å². The van der Waals surface area contributed by atoms with E-state index in [0.717, 1.165) is 11.1 Å². The molecule has 0 saturated heterocycles. The van der Waals surface area contributed by atoms with Gasteiger partial charge < -0.3 is 17.0 Å². The average molecular weight is 465 g/mol. The number of benzene rings is 4. The van der Waals surface area contributed by atoms with Gasteiger partial charge in [-0.2, -0.15) is 0 Å². The Morgan fingerprint density at radius 1 is 0.621 bits per heavy atom. The fourth-order valence-corrected chi connectivity index (χ4v) is 8.06. The highest BCUT2D eigenvalue weighted by Crippen LogP contribution is 2.58. The van der Waals surface area contributed by atoms with Crippen LogP contribution < -0.4 is 32.9 Å². The van der Waals surface area contributed by atoms with Gasteiger partial charge in [0.1, 0.15) is 35.2 Å². The van der Waals surface area contributed by atoms with E-state index in [-0.39, 0.29) is 22.8 Å². The van der Waals surface area contributed by atoms with Crippen molar-refractivity contribution in [2.24, 2.45) is 0 Å². The topological polar surface area (TPSA) is 0 Å². The van der Waals surface area contributed by atoms with E-state index in [2.05, 4.69) is 72.8 Å². The van der Waals surface area contributed by atoms with E-state index < -0.39 is 7.26 Å². The minimum Gasteiger partial charge on any atom is -1.00 e. The third kappa shape index (κ3) is 4.34. The average Bonchev–Trinajstić information content (AvgIpc) is 2.75. The molecule has 4 rings (SSSR count). The van der Waals surface area contributed by atoms with Crippen molar-refractivity contribution < 1.29 is 21.4 Å². The second kappa shape index (κ2) is 9.48. The van der Waals surface area contributed by atoms with Gasteiger partial charge in [0.15, 0.2) is 0 Å². The van der Waals surface area contributed by atoms with Crippen molar-refractivity contribution >= 4 is 23.2 Å². The number of hydrogen-bond acceptors (Lipinski definition) is 0. The van der Waals surface area contributed by atoms with Gasteiger partial charge in [-0.25, -0.2) is 4.39 Å². The quantitative estimate of drug-likeness (QED) is 0.398. The van der Waals surface area contributed by atoms with Crippen LogP contribution in [-0.4, -0.2) is 0 Å². The zero-order valence-corrected chi connectivity index (χ0v) is 18.8. The lowest BCUT2D eigenvalue weighted by atomic mass is 10.2. The molecule has 0 heterocycles. The molecule has 29 heavy (non-hydrogen) atoms. The summed E-state index contributed by atoms with van der Waals surface area (Å²) in [4.78, 5) is 0. The van der Waals surface area contributed by atoms with Crippen LogP contribution in [0.2, 0.25) is 0 Å². The Kier molecular flexibility index (Phi) is 7.00. The summed E-state index contributed by atoms with van der Waals surface area (Å²) in [5, 5.41) is 3.81. The molecule has 0 radical (unpaired) electrons. The number of halogens is 2. The highest BCUT2D eigenvalue weighted by atomic mass is 79.9. The molecular weight excluding hydrogens is 442 g/mol. The second-order valence-corrected chi connectivity index (χ2v) is 10.6. The monoisotopic (exact) mass is 464 g/mol. The van der Waals surface area contributed by atoms with Crippen LogP contribution in [0, 0.1) is 12.7 Å². The fraction of sp³-hybridized carbons (Fsp3) is 0.0769. The maximum Gasteiger partial charge on any atom is 0.130 e. The molecule has 0 aliphatic rings. The molecule has 0 N–H and O–H groups in total. The van der Waals surface area contributed by atoms with Gasteiger partial charge >= 0.3 is 0 Å². The van der Waals surface area contributed by atoms with E-state index in [1.165, 1.54) is 15.9 Å². The third-order valence-corrected chi connectivity index (χ3v) is 9.56. The van der Waals surface area contributed by atoms with Crippen molar-refractivity contribution in [3.05, 3.63) is 126 Å². The predicted octanol–water partition coefficient (Wildman–Crippen LogP) is 2.63. The fourth-order valence-electron chi connectivity index (χ4n) is 3.80. The van der Waals surface area contributed by atoms with Gasteiger partial charge in [0.25, 0.3) is 0 Å². The molecule has 0 bridgehead atoms. The summed E-state index contributed by atoms with van der Waals surface area (Å²) in [6.45, 7) is 1.93. The van der Waals surface area contributed by atoms with Gasteiger partial charge in [0, 0.05) is 5.56 Å². The normalized spacial score (nSPS) is 11.0. The summed E-state index contributed by atoms with van der Waals surface area (Å²) < 4.78 is 14.9. The summed E-state index contributed by atoms with van der Waals surface area (Å²) in [6, 6.07) is 37.4. The Morgan fingerprint density at radius 3 is 1.41 bits per heavy atom. The van der Waals surface area contributed by atoms with Crippen molar-refractivity contribution in [3.8, 4) is 0 Å². The minimum atomic E-state index is -2.06. The molecular formula is C26H23BrFP. The van der Waals surface area contributed by atoms with Crippen LogP contribution in [0.15, 0.2) is 109 Å². The van der Waals surface area contributed by atoms with Crippen LogP contribution in [-0.2, 0) is 6.16 Å². The Bertz CT molecular complexity index is 953. The summed E-state index contributed by atoms with van der Waals surface area (Å²) in [7, 11) is -2.06. The number of hydrogen-bond donors (Lipinski definition) is 0. The minimum absolute atomic E-state index is 0. The molecule has 0 aromatic heterocycles. The SMILES string of the molecule is Cc1ccc(C[P+](c2ccccc2)(c2ccccc2)c2ccccc2)c(F)c1.[Br-]. The van der Waals surface area contributed by atoms with E-state index in [9.17, 15) is 4.39 Å². The summed E-state index contributed by atoms with van der Waals surface area (Å²) in [5.74, 6) is -0.118. The van der Waals surface area contributed by atoms with Crippen LogP contribution >= 0.6 is 7.26 Å². The Balaban J connectivity index is 0.00000240. The Morgan fingerprint density at radius 2 is 1.03 bits per heavy atom. The summed E-state index contributed by atoms with van der Waals surface area (Å²) in [5.41, 5.74) is 1.72. The van der Waals surface area contributed by atoms with Crippen LogP contribution in [0.4, 0.5) is 4.39 Å². The zero-order valence-electron chi connectivity index (χ0n) is 16.3. The van der Waals surface area contributed by atoms with Crippen molar-refractivity contribution in [3.63, 3.8) is 0 Å². The van der Waals surface area contributed by atoms with Gasteiger partial charge in [-0.1, -0.05) is 66.7 Å². The van der Waals surface area contributed by atoms with Crippen molar-refractivity contribution in [1.82, 2.24) is 0 Å². The van der Waals surface area contributed by atoms with E-state index in [4.69, 9.17) is 0 Å². The van der Waals surface area contributed by atoms with Gasteiger partial charge in [0.2, 0.25) is 0 Å². The maximum atomic E-state index is 14.9. The van der Waals surface area contributed by atoms with Gasteiger partial charge in [0.05, 0.1) is 0 Å². The molecule has 0 atom stereocenters. The largest absolute Gasteiger partial charge is 1.00 e. The Hall–Kier alpha value is -2.28. The molecule has 3 heteroatoms. The molecule has 0 aliphatic carbocycles. The van der Waals surface area contributed by atoms with Crippen molar-refractivity contribution in [2.75, 3.05) is 0 Å². The first kappa shape index (κ1) is 21.4. The highest BCUT2D eigenvalue weighted by molar-refractivity contribution is 7.95. The molecule has 0 fully saturated rings. The number of aryl methyl sites for hydroxylation is 1.